The van der Waals surface area contributed by atoms with Crippen LogP contribution in [0.5, 0.6) is 0 Å². The normalized spacial score (nSPS) is 16.1. The molecule has 1 aliphatic rings. The summed E-state index contributed by atoms with van der Waals surface area (Å²) < 4.78 is 27.0. The number of nitrogens with two attached hydrogens (primary N) is 1. The summed E-state index contributed by atoms with van der Waals surface area (Å²) in [7, 11) is -3.48. The van der Waals surface area contributed by atoms with Gasteiger partial charge >= 0.3 is 0 Å². The predicted octanol–water partition coefficient (Wildman–Crippen LogP) is 1.90. The lowest BCUT2D eigenvalue weighted by atomic mass is 10.2. The Balaban J connectivity index is 2.51. The van der Waals surface area contributed by atoms with E-state index in [-0.39, 0.29) is 0 Å². The van der Waals surface area contributed by atoms with Gasteiger partial charge in [-0.1, -0.05) is 13.8 Å². The van der Waals surface area contributed by atoms with Crippen molar-refractivity contribution in [2.75, 3.05) is 36.8 Å². The van der Waals surface area contributed by atoms with Crippen molar-refractivity contribution in [2.45, 2.75) is 31.6 Å². The third-order valence-electron chi connectivity index (χ3n) is 3.75. The van der Waals surface area contributed by atoms with E-state index in [9.17, 15) is 8.42 Å². The minimum absolute atomic E-state index is 0.336. The molecule has 0 unspecified atom stereocenters. The van der Waals surface area contributed by atoms with E-state index in [1.54, 1.807) is 12.1 Å². The van der Waals surface area contributed by atoms with Gasteiger partial charge in [0.2, 0.25) is 10.0 Å². The molecule has 5 nitrogen and oxygen atoms in total. The maximum absolute atomic E-state index is 12.8. The molecule has 1 fully saturated rings. The first-order chi connectivity index (χ1) is 9.50. The van der Waals surface area contributed by atoms with Crippen molar-refractivity contribution in [1.82, 2.24) is 4.31 Å². The number of hydrogen-bond donors (Lipinski definition) is 1. The van der Waals surface area contributed by atoms with Crippen LogP contribution in [-0.2, 0) is 10.0 Å². The molecular formula is C14H23N3O2S. The topological polar surface area (TPSA) is 66.6 Å². The zero-order valence-electron chi connectivity index (χ0n) is 12.2. The Bertz CT molecular complexity index is 562. The third kappa shape index (κ3) is 2.76. The molecule has 1 saturated heterocycles. The smallest absolute Gasteiger partial charge is 0.245 e. The quantitative estimate of drug-likeness (QED) is 0.843. The third-order valence-corrected chi connectivity index (χ3v) is 5.83. The lowest BCUT2D eigenvalue weighted by Gasteiger charge is -2.25. The van der Waals surface area contributed by atoms with Crippen LogP contribution in [0.1, 0.15) is 26.7 Å². The van der Waals surface area contributed by atoms with Crippen molar-refractivity contribution in [3.05, 3.63) is 18.2 Å². The van der Waals surface area contributed by atoms with Crippen molar-refractivity contribution >= 4 is 21.4 Å². The zero-order chi connectivity index (χ0) is 14.8. The molecule has 20 heavy (non-hydrogen) atoms. The Morgan fingerprint density at radius 2 is 1.80 bits per heavy atom. The molecule has 0 bridgehead atoms. The summed E-state index contributed by atoms with van der Waals surface area (Å²) in [5, 5.41) is 0. The first kappa shape index (κ1) is 15.1. The van der Waals surface area contributed by atoms with Crippen LogP contribution in [0.25, 0.3) is 0 Å². The van der Waals surface area contributed by atoms with E-state index in [4.69, 9.17) is 5.73 Å². The average Bonchev–Trinajstić information content (AvgIpc) is 2.93. The first-order valence-electron chi connectivity index (χ1n) is 7.15. The molecule has 0 aromatic heterocycles. The second-order valence-electron chi connectivity index (χ2n) is 5.01. The van der Waals surface area contributed by atoms with E-state index < -0.39 is 10.0 Å². The molecule has 0 radical (unpaired) electrons. The van der Waals surface area contributed by atoms with Gasteiger partial charge < -0.3 is 10.6 Å². The summed E-state index contributed by atoms with van der Waals surface area (Å²) in [4.78, 5) is 2.47. The van der Waals surface area contributed by atoms with Gasteiger partial charge in [0.25, 0.3) is 0 Å². The van der Waals surface area contributed by atoms with Gasteiger partial charge in [0, 0.05) is 31.9 Å². The highest BCUT2D eigenvalue weighted by Gasteiger charge is 2.28. The van der Waals surface area contributed by atoms with Gasteiger partial charge in [-0.05, 0) is 31.0 Å². The largest absolute Gasteiger partial charge is 0.399 e. The standard InChI is InChI=1S/C14H23N3O2S/c1-3-17(4-2)20(18,19)14-11-12(15)7-8-13(14)16-9-5-6-10-16/h7-8,11H,3-6,9-10,15H2,1-2H3. The summed E-state index contributed by atoms with van der Waals surface area (Å²) in [6.45, 7) is 6.45. The van der Waals surface area contributed by atoms with E-state index in [2.05, 4.69) is 4.90 Å². The Morgan fingerprint density at radius 3 is 2.35 bits per heavy atom. The molecule has 2 N–H and O–H groups in total. The molecule has 0 aliphatic carbocycles. The molecular weight excluding hydrogens is 274 g/mol. The predicted molar refractivity (Wildman–Crippen MR) is 82.4 cm³/mol. The Labute approximate surface area is 121 Å². The number of sulfonamides is 1. The van der Waals surface area contributed by atoms with E-state index >= 15 is 0 Å². The molecule has 0 amide bonds. The van der Waals surface area contributed by atoms with Crippen LogP contribution in [0.4, 0.5) is 11.4 Å². The number of hydrogen-bond acceptors (Lipinski definition) is 4. The van der Waals surface area contributed by atoms with Crippen molar-refractivity contribution in [1.29, 1.82) is 0 Å². The van der Waals surface area contributed by atoms with Gasteiger partial charge in [-0.15, -0.1) is 0 Å². The van der Waals surface area contributed by atoms with Crippen molar-refractivity contribution in [3.63, 3.8) is 0 Å². The fourth-order valence-electron chi connectivity index (χ4n) is 2.66. The lowest BCUT2D eigenvalue weighted by molar-refractivity contribution is 0.445. The molecule has 0 spiro atoms. The highest BCUT2D eigenvalue weighted by atomic mass is 32.2. The van der Waals surface area contributed by atoms with E-state index in [1.807, 2.05) is 19.9 Å². The molecule has 1 aliphatic heterocycles. The highest BCUT2D eigenvalue weighted by molar-refractivity contribution is 7.89. The second kappa shape index (κ2) is 6.01. The molecule has 0 atom stereocenters. The Kier molecular flexibility index (Phi) is 4.55. The van der Waals surface area contributed by atoms with Gasteiger partial charge in [-0.25, -0.2) is 8.42 Å². The second-order valence-corrected chi connectivity index (χ2v) is 6.92. The molecule has 6 heteroatoms. The summed E-state index contributed by atoms with van der Waals surface area (Å²) in [6, 6.07) is 5.19. The Morgan fingerprint density at radius 1 is 1.20 bits per heavy atom. The van der Waals surface area contributed by atoms with Crippen molar-refractivity contribution < 1.29 is 8.42 Å². The van der Waals surface area contributed by atoms with Gasteiger partial charge in [0.05, 0.1) is 5.69 Å². The molecule has 1 aromatic rings. The highest BCUT2D eigenvalue weighted by Crippen LogP contribution is 2.31. The monoisotopic (exact) mass is 297 g/mol. The summed E-state index contributed by atoms with van der Waals surface area (Å²) in [5.41, 5.74) is 7.07. The fourth-order valence-corrected chi connectivity index (χ4v) is 4.36. The number of nitrogens with zero attached hydrogens (tertiary/aromatic N) is 2. The summed E-state index contributed by atoms with van der Waals surface area (Å²) in [5.74, 6) is 0. The summed E-state index contributed by atoms with van der Waals surface area (Å²) >= 11 is 0. The van der Waals surface area contributed by atoms with E-state index in [0.717, 1.165) is 31.6 Å². The Hall–Kier alpha value is -1.27. The van der Waals surface area contributed by atoms with Gasteiger partial charge in [-0.2, -0.15) is 4.31 Å². The van der Waals surface area contributed by atoms with Gasteiger partial charge in [0.1, 0.15) is 4.90 Å². The number of benzene rings is 1. The first-order valence-corrected chi connectivity index (χ1v) is 8.59. The molecule has 2 rings (SSSR count). The minimum Gasteiger partial charge on any atom is -0.399 e. The molecule has 1 aromatic carbocycles. The van der Waals surface area contributed by atoms with E-state index in [1.165, 1.54) is 4.31 Å². The number of nitrogen functional groups attached to an aromatic ring is 1. The molecule has 0 saturated carbocycles. The SMILES string of the molecule is CCN(CC)S(=O)(=O)c1cc(N)ccc1N1CCCC1. The van der Waals surface area contributed by atoms with Crippen molar-refractivity contribution in [3.8, 4) is 0 Å². The van der Waals surface area contributed by atoms with Crippen LogP contribution >= 0.6 is 0 Å². The van der Waals surface area contributed by atoms with E-state index in [0.29, 0.717) is 23.7 Å². The molecule has 1 heterocycles. The van der Waals surface area contributed by atoms with Crippen LogP contribution in [0.15, 0.2) is 23.1 Å². The summed E-state index contributed by atoms with van der Waals surface area (Å²) in [6.07, 6.45) is 2.21. The number of rotatable bonds is 5. The van der Waals surface area contributed by atoms with Crippen LogP contribution in [0.2, 0.25) is 0 Å². The van der Waals surface area contributed by atoms with Crippen LogP contribution < -0.4 is 10.6 Å². The maximum Gasteiger partial charge on any atom is 0.245 e. The average molecular weight is 297 g/mol. The van der Waals surface area contributed by atoms with Crippen molar-refractivity contribution in [2.24, 2.45) is 0 Å². The number of anilines is 2. The van der Waals surface area contributed by atoms with Gasteiger partial charge in [-0.3, -0.25) is 0 Å². The zero-order valence-corrected chi connectivity index (χ0v) is 13.0. The van der Waals surface area contributed by atoms with Crippen LogP contribution in [0, 0.1) is 0 Å². The molecule has 112 valence electrons. The lowest BCUT2D eigenvalue weighted by Crippen LogP contribution is -2.32. The maximum atomic E-state index is 12.8. The van der Waals surface area contributed by atoms with Gasteiger partial charge in [0.15, 0.2) is 0 Å². The minimum atomic E-state index is -3.48. The van der Waals surface area contributed by atoms with Crippen LogP contribution in [-0.4, -0.2) is 38.9 Å². The fraction of sp³-hybridized carbons (Fsp3) is 0.571. The van der Waals surface area contributed by atoms with Crippen LogP contribution in [0.3, 0.4) is 0 Å².